The third kappa shape index (κ3) is 4.29. The summed E-state index contributed by atoms with van der Waals surface area (Å²) in [5.41, 5.74) is 3.56. The van der Waals surface area contributed by atoms with Crippen molar-refractivity contribution in [1.82, 2.24) is 20.5 Å². The number of piperidine rings is 1. The van der Waals surface area contributed by atoms with Crippen LogP contribution in [-0.2, 0) is 9.59 Å². The predicted molar refractivity (Wildman–Crippen MR) is 136 cm³/mol. The van der Waals surface area contributed by atoms with E-state index in [9.17, 15) is 14.4 Å². The summed E-state index contributed by atoms with van der Waals surface area (Å²) in [5.74, 6) is 0.0545. The monoisotopic (exact) mass is 491 g/mol. The fourth-order valence-corrected chi connectivity index (χ4v) is 6.25. The number of amides is 4. The van der Waals surface area contributed by atoms with Crippen molar-refractivity contribution in [1.29, 1.82) is 0 Å². The molecule has 35 heavy (non-hydrogen) atoms. The van der Waals surface area contributed by atoms with Crippen molar-refractivity contribution in [3.05, 3.63) is 60.3 Å². The Labute approximate surface area is 209 Å². The van der Waals surface area contributed by atoms with Gasteiger partial charge in [-0.05, 0) is 48.6 Å². The Morgan fingerprint density at radius 1 is 1.31 bits per heavy atom. The highest BCUT2D eigenvalue weighted by atomic mass is 32.2. The molecule has 2 aromatic rings. The van der Waals surface area contributed by atoms with Gasteiger partial charge in [0.25, 0.3) is 0 Å². The van der Waals surface area contributed by atoms with Gasteiger partial charge in [-0.2, -0.15) is 0 Å². The SMILES string of the molecule is C=CC(=O)N1CCCC(NC(=O)[C@@H]2Sc3nccc4c3C2NC(=O)N4c2cccc(C(C)C)c2)C1. The number of anilines is 2. The van der Waals surface area contributed by atoms with Gasteiger partial charge in [0.05, 0.1) is 17.4 Å². The van der Waals surface area contributed by atoms with E-state index >= 15 is 0 Å². The molecule has 3 aliphatic rings. The Morgan fingerprint density at radius 2 is 2.14 bits per heavy atom. The number of aromatic nitrogens is 1. The molecule has 9 heteroatoms. The molecule has 1 saturated heterocycles. The zero-order valence-electron chi connectivity index (χ0n) is 19.9. The topological polar surface area (TPSA) is 94.6 Å². The van der Waals surface area contributed by atoms with Gasteiger partial charge in [0.2, 0.25) is 11.8 Å². The lowest BCUT2D eigenvalue weighted by molar-refractivity contribution is -0.129. The van der Waals surface area contributed by atoms with Crippen LogP contribution in [0.1, 0.15) is 49.8 Å². The zero-order chi connectivity index (χ0) is 24.7. The molecule has 5 rings (SSSR count). The highest BCUT2D eigenvalue weighted by molar-refractivity contribution is 8.01. The van der Waals surface area contributed by atoms with Crippen molar-refractivity contribution in [3.63, 3.8) is 0 Å². The molecule has 1 aromatic carbocycles. The second-order valence-corrected chi connectivity index (χ2v) is 10.6. The predicted octanol–water partition coefficient (Wildman–Crippen LogP) is 3.87. The van der Waals surface area contributed by atoms with Gasteiger partial charge in [0.1, 0.15) is 10.3 Å². The molecule has 2 unspecified atom stereocenters. The van der Waals surface area contributed by atoms with Crippen LogP contribution in [0, 0.1) is 0 Å². The number of hydrogen-bond donors (Lipinski definition) is 2. The van der Waals surface area contributed by atoms with E-state index in [1.54, 1.807) is 16.0 Å². The third-order valence-electron chi connectivity index (χ3n) is 6.81. The number of nitrogens with one attached hydrogen (secondary N) is 2. The Morgan fingerprint density at radius 3 is 2.91 bits per heavy atom. The van der Waals surface area contributed by atoms with E-state index in [1.165, 1.54) is 17.8 Å². The zero-order valence-corrected chi connectivity index (χ0v) is 20.7. The Kier molecular flexibility index (Phi) is 6.27. The molecule has 2 N–H and O–H groups in total. The Bertz CT molecular complexity index is 1200. The fourth-order valence-electron chi connectivity index (χ4n) is 5.01. The van der Waals surface area contributed by atoms with Crippen molar-refractivity contribution >= 4 is 41.0 Å². The summed E-state index contributed by atoms with van der Waals surface area (Å²) < 4.78 is 0. The van der Waals surface area contributed by atoms with E-state index in [0.717, 1.165) is 40.4 Å². The average molecular weight is 492 g/mol. The average Bonchev–Trinajstić information content (AvgIpc) is 3.23. The number of nitrogens with zero attached hydrogens (tertiary/aromatic N) is 3. The summed E-state index contributed by atoms with van der Waals surface area (Å²) in [5, 5.41) is 6.40. The minimum atomic E-state index is -0.530. The number of hydrogen-bond acceptors (Lipinski definition) is 5. The minimum absolute atomic E-state index is 0.124. The van der Waals surface area contributed by atoms with E-state index in [4.69, 9.17) is 0 Å². The molecule has 0 aliphatic carbocycles. The molecule has 0 bridgehead atoms. The van der Waals surface area contributed by atoms with Gasteiger partial charge in [0, 0.05) is 30.9 Å². The quantitative estimate of drug-likeness (QED) is 0.619. The van der Waals surface area contributed by atoms with Crippen LogP contribution >= 0.6 is 11.8 Å². The first-order valence-electron chi connectivity index (χ1n) is 11.9. The lowest BCUT2D eigenvalue weighted by Gasteiger charge is -2.35. The molecular formula is C26H29N5O3S. The van der Waals surface area contributed by atoms with Gasteiger partial charge in [0.15, 0.2) is 0 Å². The molecule has 182 valence electrons. The van der Waals surface area contributed by atoms with Crippen molar-refractivity contribution in [2.45, 2.75) is 55.0 Å². The van der Waals surface area contributed by atoms with Crippen LogP contribution in [-0.4, -0.2) is 52.1 Å². The second kappa shape index (κ2) is 9.37. The Hall–Kier alpha value is -3.33. The van der Waals surface area contributed by atoms with Crippen molar-refractivity contribution in [2.75, 3.05) is 18.0 Å². The molecule has 3 aliphatic heterocycles. The maximum Gasteiger partial charge on any atom is 0.327 e. The van der Waals surface area contributed by atoms with Crippen LogP contribution in [0.5, 0.6) is 0 Å². The summed E-state index contributed by atoms with van der Waals surface area (Å²) in [6.45, 7) is 8.92. The highest BCUT2D eigenvalue weighted by Crippen LogP contribution is 2.50. The van der Waals surface area contributed by atoms with Crippen molar-refractivity contribution in [2.24, 2.45) is 0 Å². The largest absolute Gasteiger partial charge is 0.351 e. The maximum atomic E-state index is 13.4. The molecule has 0 saturated carbocycles. The first-order chi connectivity index (χ1) is 16.9. The molecule has 1 fully saturated rings. The van der Waals surface area contributed by atoms with E-state index in [-0.39, 0.29) is 23.9 Å². The fraction of sp³-hybridized carbons (Fsp3) is 0.385. The molecule has 3 atom stereocenters. The molecule has 0 radical (unpaired) electrons. The normalized spacial score (nSPS) is 23.1. The lowest BCUT2D eigenvalue weighted by atomic mass is 9.98. The van der Waals surface area contributed by atoms with Gasteiger partial charge in [-0.1, -0.05) is 44.3 Å². The van der Waals surface area contributed by atoms with Crippen LogP contribution in [0.2, 0.25) is 0 Å². The maximum absolute atomic E-state index is 13.4. The number of carbonyl (C=O) groups excluding carboxylic acids is 3. The smallest absolute Gasteiger partial charge is 0.327 e. The summed E-state index contributed by atoms with van der Waals surface area (Å²) in [4.78, 5) is 46.6. The first kappa shape index (κ1) is 23.4. The standard InChI is InChI=1S/C26H29N5O3S/c1-4-20(32)30-12-6-8-17(14-30)28-24(33)23-22-21-19(10-11-27-25(21)35-23)31(26(34)29-22)18-9-5-7-16(13-18)15(2)3/h4-5,7,9-11,13,15,17,22-23H,1,6,8,12,14H2,2-3H3,(H,28,33)(H,29,34)/t17?,22?,23-/m1/s1. The van der Waals surface area contributed by atoms with Gasteiger partial charge in [-0.25, -0.2) is 9.78 Å². The molecule has 4 heterocycles. The van der Waals surface area contributed by atoms with Crippen LogP contribution in [0.3, 0.4) is 0 Å². The third-order valence-corrected chi connectivity index (χ3v) is 8.10. The summed E-state index contributed by atoms with van der Waals surface area (Å²) in [7, 11) is 0. The van der Waals surface area contributed by atoms with Gasteiger partial charge in [-0.3, -0.25) is 14.5 Å². The summed E-state index contributed by atoms with van der Waals surface area (Å²) in [6, 6.07) is 8.95. The van der Waals surface area contributed by atoms with E-state index < -0.39 is 11.3 Å². The molecule has 0 spiro atoms. The number of urea groups is 1. The van der Waals surface area contributed by atoms with E-state index in [1.807, 2.05) is 24.3 Å². The minimum Gasteiger partial charge on any atom is -0.351 e. The lowest BCUT2D eigenvalue weighted by Crippen LogP contribution is -2.53. The van der Waals surface area contributed by atoms with Crippen LogP contribution < -0.4 is 15.5 Å². The van der Waals surface area contributed by atoms with Gasteiger partial charge < -0.3 is 15.5 Å². The summed E-state index contributed by atoms with van der Waals surface area (Å²) in [6.07, 6.45) is 4.62. The molecule has 4 amide bonds. The molecule has 1 aromatic heterocycles. The van der Waals surface area contributed by atoms with E-state index in [2.05, 4.69) is 42.1 Å². The number of benzene rings is 1. The van der Waals surface area contributed by atoms with Crippen LogP contribution in [0.25, 0.3) is 0 Å². The number of likely N-dealkylation sites (tertiary alicyclic amines) is 1. The van der Waals surface area contributed by atoms with Gasteiger partial charge >= 0.3 is 6.03 Å². The van der Waals surface area contributed by atoms with Crippen LogP contribution in [0.15, 0.2) is 54.2 Å². The number of thioether (sulfide) groups is 1. The first-order valence-corrected chi connectivity index (χ1v) is 12.8. The second-order valence-electron chi connectivity index (χ2n) is 9.44. The van der Waals surface area contributed by atoms with Crippen molar-refractivity contribution in [3.8, 4) is 0 Å². The number of carbonyl (C=O) groups is 3. The number of rotatable bonds is 5. The summed E-state index contributed by atoms with van der Waals surface area (Å²) >= 11 is 1.38. The van der Waals surface area contributed by atoms with Gasteiger partial charge in [-0.15, -0.1) is 0 Å². The Balaban J connectivity index is 1.39. The van der Waals surface area contributed by atoms with Crippen LogP contribution in [0.4, 0.5) is 16.2 Å². The van der Waals surface area contributed by atoms with Crippen molar-refractivity contribution < 1.29 is 14.4 Å². The highest BCUT2D eigenvalue weighted by Gasteiger charge is 2.47. The molecule has 8 nitrogen and oxygen atoms in total. The van der Waals surface area contributed by atoms with E-state index in [0.29, 0.717) is 19.0 Å². The molecular weight excluding hydrogens is 462 g/mol. The number of pyridine rings is 1.